The number of rotatable bonds is 9. The summed E-state index contributed by atoms with van der Waals surface area (Å²) in [6, 6.07) is 0. The first-order chi connectivity index (χ1) is 10.2. The maximum atomic E-state index is 11.7. The van der Waals surface area contributed by atoms with Crippen LogP contribution in [0.2, 0.25) is 0 Å². The minimum Gasteiger partial charge on any atom is -0.273 e. The van der Waals surface area contributed by atoms with Gasteiger partial charge in [0, 0.05) is 6.42 Å². The van der Waals surface area contributed by atoms with Crippen molar-refractivity contribution in [3.8, 4) is 0 Å². The molecule has 2 aliphatic carbocycles. The SMILES string of the molecule is CCCCCCCC(=O)NOCC1(C)CC[C@@H]2C=CCC21. The minimum atomic E-state index is 0.0363. The fourth-order valence-electron chi connectivity index (χ4n) is 3.89. The van der Waals surface area contributed by atoms with Crippen molar-refractivity contribution in [2.24, 2.45) is 17.3 Å². The highest BCUT2D eigenvalue weighted by atomic mass is 16.7. The molecule has 3 atom stereocenters. The van der Waals surface area contributed by atoms with Gasteiger partial charge in [0.1, 0.15) is 0 Å². The van der Waals surface area contributed by atoms with Crippen LogP contribution in [-0.2, 0) is 9.63 Å². The zero-order chi connectivity index (χ0) is 15.1. The molecule has 1 fully saturated rings. The van der Waals surface area contributed by atoms with Gasteiger partial charge in [-0.1, -0.05) is 51.7 Å². The van der Waals surface area contributed by atoms with Gasteiger partial charge in [-0.05, 0) is 42.9 Å². The monoisotopic (exact) mass is 293 g/mol. The quantitative estimate of drug-likeness (QED) is 0.389. The maximum absolute atomic E-state index is 11.7. The highest BCUT2D eigenvalue weighted by molar-refractivity contribution is 5.74. The summed E-state index contributed by atoms with van der Waals surface area (Å²) in [7, 11) is 0. The smallest absolute Gasteiger partial charge is 0.243 e. The van der Waals surface area contributed by atoms with E-state index in [0.29, 0.717) is 18.9 Å². The Bertz CT molecular complexity index is 366. The molecule has 21 heavy (non-hydrogen) atoms. The standard InChI is InChI=1S/C18H31NO2/c1-3-4-5-6-7-11-17(20)19-21-14-18(2)13-12-15-9-8-10-16(15)18/h8-9,15-16H,3-7,10-14H2,1-2H3,(H,19,20)/t15-,16?,18?/m0/s1. The maximum Gasteiger partial charge on any atom is 0.243 e. The number of hydrogen-bond donors (Lipinski definition) is 1. The second-order valence-corrected chi connectivity index (χ2v) is 7.11. The number of carbonyl (C=O) groups excluding carboxylic acids is 1. The molecule has 0 heterocycles. The summed E-state index contributed by atoms with van der Waals surface area (Å²) in [6.07, 6.45) is 14.8. The van der Waals surface area contributed by atoms with Gasteiger partial charge in [-0.3, -0.25) is 9.63 Å². The molecular formula is C18H31NO2. The number of fused-ring (bicyclic) bond motifs is 1. The van der Waals surface area contributed by atoms with Gasteiger partial charge in [0.2, 0.25) is 5.91 Å². The summed E-state index contributed by atoms with van der Waals surface area (Å²) >= 11 is 0. The minimum absolute atomic E-state index is 0.0363. The van der Waals surface area contributed by atoms with Crippen molar-refractivity contribution in [1.29, 1.82) is 0 Å². The van der Waals surface area contributed by atoms with Gasteiger partial charge in [-0.2, -0.15) is 0 Å². The fraction of sp³-hybridized carbons (Fsp3) is 0.833. The molecule has 2 rings (SSSR count). The van der Waals surface area contributed by atoms with Crippen molar-refractivity contribution in [3.05, 3.63) is 12.2 Å². The molecule has 0 aromatic heterocycles. The summed E-state index contributed by atoms with van der Waals surface area (Å²) in [5.41, 5.74) is 2.87. The molecule has 0 aromatic carbocycles. The van der Waals surface area contributed by atoms with Crippen LogP contribution in [0.3, 0.4) is 0 Å². The molecule has 0 radical (unpaired) electrons. The van der Waals surface area contributed by atoms with E-state index in [1.54, 1.807) is 0 Å². The lowest BCUT2D eigenvalue weighted by atomic mass is 9.78. The van der Waals surface area contributed by atoms with Crippen LogP contribution in [0.5, 0.6) is 0 Å². The van der Waals surface area contributed by atoms with Gasteiger partial charge in [0.25, 0.3) is 0 Å². The molecule has 2 aliphatic rings. The van der Waals surface area contributed by atoms with Gasteiger partial charge in [-0.25, -0.2) is 5.48 Å². The van der Waals surface area contributed by atoms with E-state index < -0.39 is 0 Å². The Morgan fingerprint density at radius 2 is 2.14 bits per heavy atom. The van der Waals surface area contributed by atoms with E-state index in [4.69, 9.17) is 4.84 Å². The topological polar surface area (TPSA) is 38.3 Å². The first-order valence-corrected chi connectivity index (χ1v) is 8.73. The number of allylic oxidation sites excluding steroid dienone is 2. The van der Waals surface area contributed by atoms with Crippen molar-refractivity contribution in [2.45, 2.75) is 71.6 Å². The predicted octanol–water partition coefficient (Wildman–Crippen LogP) is 4.39. The van der Waals surface area contributed by atoms with E-state index in [1.807, 2.05) is 0 Å². The summed E-state index contributed by atoms with van der Waals surface area (Å²) in [6.45, 7) is 5.16. The van der Waals surface area contributed by atoms with E-state index >= 15 is 0 Å². The zero-order valence-electron chi connectivity index (χ0n) is 13.7. The molecule has 0 bridgehead atoms. The molecule has 0 spiro atoms. The average molecular weight is 293 g/mol. The number of carbonyl (C=O) groups is 1. The number of unbranched alkanes of at least 4 members (excludes halogenated alkanes) is 4. The molecule has 1 amide bonds. The highest BCUT2D eigenvalue weighted by Gasteiger charge is 2.45. The molecule has 0 aromatic rings. The largest absolute Gasteiger partial charge is 0.273 e. The van der Waals surface area contributed by atoms with Crippen LogP contribution in [0.1, 0.15) is 71.6 Å². The van der Waals surface area contributed by atoms with Crippen molar-refractivity contribution in [2.75, 3.05) is 6.61 Å². The van der Waals surface area contributed by atoms with E-state index in [0.717, 1.165) is 18.8 Å². The predicted molar refractivity (Wildman–Crippen MR) is 85.5 cm³/mol. The van der Waals surface area contributed by atoms with Gasteiger partial charge in [0.15, 0.2) is 0 Å². The Hall–Kier alpha value is -0.830. The summed E-state index contributed by atoms with van der Waals surface area (Å²) < 4.78 is 0. The van der Waals surface area contributed by atoms with Crippen LogP contribution in [0.25, 0.3) is 0 Å². The Morgan fingerprint density at radius 3 is 2.95 bits per heavy atom. The van der Waals surface area contributed by atoms with Gasteiger partial charge >= 0.3 is 0 Å². The van der Waals surface area contributed by atoms with Crippen molar-refractivity contribution in [3.63, 3.8) is 0 Å². The third-order valence-corrected chi connectivity index (χ3v) is 5.33. The molecule has 0 aliphatic heterocycles. The van der Waals surface area contributed by atoms with E-state index in [2.05, 4.69) is 31.5 Å². The Kier molecular flexibility index (Phi) is 6.28. The Morgan fingerprint density at radius 1 is 1.33 bits per heavy atom. The average Bonchev–Trinajstić information content (AvgIpc) is 3.04. The highest BCUT2D eigenvalue weighted by Crippen LogP contribution is 2.51. The summed E-state index contributed by atoms with van der Waals surface area (Å²) in [5.74, 6) is 1.49. The molecule has 2 unspecified atom stereocenters. The lowest BCUT2D eigenvalue weighted by Gasteiger charge is -2.30. The number of hydrogen-bond acceptors (Lipinski definition) is 2. The van der Waals surface area contributed by atoms with Crippen LogP contribution in [-0.4, -0.2) is 12.5 Å². The third kappa shape index (κ3) is 4.57. The van der Waals surface area contributed by atoms with Gasteiger partial charge < -0.3 is 0 Å². The Labute approximate surface area is 129 Å². The van der Waals surface area contributed by atoms with Crippen LogP contribution < -0.4 is 5.48 Å². The first kappa shape index (κ1) is 16.5. The van der Waals surface area contributed by atoms with E-state index in [1.165, 1.54) is 38.5 Å². The summed E-state index contributed by atoms with van der Waals surface area (Å²) in [5, 5.41) is 0. The van der Waals surface area contributed by atoms with Crippen LogP contribution >= 0.6 is 0 Å². The normalized spacial score (nSPS) is 30.6. The fourth-order valence-corrected chi connectivity index (χ4v) is 3.89. The lowest BCUT2D eigenvalue weighted by molar-refractivity contribution is -0.137. The van der Waals surface area contributed by atoms with Gasteiger partial charge in [0.05, 0.1) is 6.61 Å². The van der Waals surface area contributed by atoms with Gasteiger partial charge in [-0.15, -0.1) is 0 Å². The molecule has 3 heteroatoms. The first-order valence-electron chi connectivity index (χ1n) is 8.73. The number of hydroxylamine groups is 1. The summed E-state index contributed by atoms with van der Waals surface area (Å²) in [4.78, 5) is 17.3. The molecule has 120 valence electrons. The second kappa shape index (κ2) is 7.98. The lowest BCUT2D eigenvalue weighted by Crippen LogP contribution is -2.34. The number of amides is 1. The molecule has 3 nitrogen and oxygen atoms in total. The molecular weight excluding hydrogens is 262 g/mol. The molecule has 1 N–H and O–H groups in total. The zero-order valence-corrected chi connectivity index (χ0v) is 13.7. The van der Waals surface area contributed by atoms with Crippen molar-refractivity contribution >= 4 is 5.91 Å². The second-order valence-electron chi connectivity index (χ2n) is 7.11. The van der Waals surface area contributed by atoms with Crippen LogP contribution in [0.15, 0.2) is 12.2 Å². The van der Waals surface area contributed by atoms with Crippen LogP contribution in [0.4, 0.5) is 0 Å². The molecule has 1 saturated carbocycles. The van der Waals surface area contributed by atoms with E-state index in [9.17, 15) is 4.79 Å². The van der Waals surface area contributed by atoms with Crippen molar-refractivity contribution in [1.82, 2.24) is 5.48 Å². The van der Waals surface area contributed by atoms with Crippen LogP contribution in [0, 0.1) is 17.3 Å². The third-order valence-electron chi connectivity index (χ3n) is 5.33. The molecule has 0 saturated heterocycles. The Balaban J connectivity index is 1.57. The van der Waals surface area contributed by atoms with E-state index in [-0.39, 0.29) is 11.3 Å². The van der Waals surface area contributed by atoms with Crippen molar-refractivity contribution < 1.29 is 9.63 Å². The number of nitrogens with one attached hydrogen (secondary N) is 1.